The molecule has 2 aliphatic rings. The minimum atomic E-state index is -0.838. The Balaban J connectivity index is 0.831. The molecular formula is C51H54ClN11O5S2. The van der Waals surface area contributed by atoms with E-state index in [9.17, 15) is 19.5 Å². The molecule has 7 heterocycles. The van der Waals surface area contributed by atoms with Crippen molar-refractivity contribution in [3.05, 3.63) is 134 Å². The van der Waals surface area contributed by atoms with Crippen LogP contribution in [0.15, 0.2) is 89.8 Å². The number of ether oxygens (including phenoxy) is 1. The summed E-state index contributed by atoms with van der Waals surface area (Å²) in [6.07, 6.45) is 3.97. The number of nitrogens with one attached hydrogen (secondary N) is 2. The monoisotopic (exact) mass is 999 g/mol. The second-order valence-corrected chi connectivity index (χ2v) is 20.7. The fourth-order valence-corrected chi connectivity index (χ4v) is 11.2. The van der Waals surface area contributed by atoms with Crippen LogP contribution in [0.25, 0.3) is 26.6 Å². The number of amides is 3. The molecule has 7 aromatic rings. The van der Waals surface area contributed by atoms with Gasteiger partial charge in [0.15, 0.2) is 5.82 Å². The van der Waals surface area contributed by atoms with Gasteiger partial charge in [0.05, 0.1) is 47.1 Å². The molecule has 1 unspecified atom stereocenters. The fraction of sp³-hybridized carbons (Fsp3) is 0.353. The van der Waals surface area contributed by atoms with Gasteiger partial charge in [0.2, 0.25) is 23.6 Å². The number of β-amino-alcohol motifs (C(OH)–C–C–N with tert-alkyl or cyclic N) is 1. The highest BCUT2D eigenvalue weighted by Gasteiger charge is 2.42. The molecule has 19 heteroatoms. The van der Waals surface area contributed by atoms with E-state index in [1.165, 1.54) is 4.90 Å². The lowest BCUT2D eigenvalue weighted by molar-refractivity contribution is -0.142. The fourth-order valence-electron chi connectivity index (χ4n) is 9.02. The molecule has 0 bridgehead atoms. The molecule has 70 heavy (non-hydrogen) atoms. The van der Waals surface area contributed by atoms with Crippen LogP contribution in [0.3, 0.4) is 0 Å². The summed E-state index contributed by atoms with van der Waals surface area (Å²) >= 11 is 9.51. The number of hydrogen-bond acceptors (Lipinski definition) is 13. The number of benzene rings is 2. The Morgan fingerprint density at radius 3 is 2.41 bits per heavy atom. The van der Waals surface area contributed by atoms with Crippen LogP contribution in [0.4, 0.5) is 0 Å². The summed E-state index contributed by atoms with van der Waals surface area (Å²) in [5.74, 6) is 0.600. The summed E-state index contributed by atoms with van der Waals surface area (Å²) in [4.78, 5) is 59.4. The van der Waals surface area contributed by atoms with Crippen LogP contribution in [0.5, 0.6) is 5.88 Å². The molecular weight excluding hydrogens is 946 g/mol. The predicted molar refractivity (Wildman–Crippen MR) is 271 cm³/mol. The summed E-state index contributed by atoms with van der Waals surface area (Å²) in [6.45, 7) is 14.3. The predicted octanol–water partition coefficient (Wildman–Crippen LogP) is 7.94. The zero-order valence-electron chi connectivity index (χ0n) is 39.9. The van der Waals surface area contributed by atoms with Crippen molar-refractivity contribution in [2.24, 2.45) is 10.9 Å². The van der Waals surface area contributed by atoms with E-state index < -0.39 is 30.3 Å². The van der Waals surface area contributed by atoms with E-state index in [0.29, 0.717) is 22.6 Å². The number of thiophene rings is 1. The van der Waals surface area contributed by atoms with Gasteiger partial charge in [0.25, 0.3) is 0 Å². The molecule has 5 aromatic heterocycles. The lowest BCUT2D eigenvalue weighted by Gasteiger charge is -2.30. The van der Waals surface area contributed by atoms with Gasteiger partial charge in [-0.05, 0) is 81.0 Å². The first-order valence-electron chi connectivity index (χ1n) is 23.2. The average Bonchev–Trinajstić information content (AvgIpc) is 4.19. The number of rotatable bonds is 15. The van der Waals surface area contributed by atoms with Gasteiger partial charge in [-0.2, -0.15) is 5.10 Å². The Bertz CT molecular complexity index is 3090. The number of halogens is 1. The number of likely N-dealkylation sites (tertiary alicyclic amines) is 1. The van der Waals surface area contributed by atoms with Crippen molar-refractivity contribution in [3.63, 3.8) is 0 Å². The average molecular weight is 1000 g/mol. The van der Waals surface area contributed by atoms with Crippen LogP contribution in [-0.2, 0) is 20.9 Å². The molecule has 0 aliphatic carbocycles. The zero-order valence-corrected chi connectivity index (χ0v) is 42.3. The first-order chi connectivity index (χ1) is 33.6. The van der Waals surface area contributed by atoms with Crippen molar-refractivity contribution in [2.75, 3.05) is 13.1 Å². The van der Waals surface area contributed by atoms with Gasteiger partial charge >= 0.3 is 0 Å². The van der Waals surface area contributed by atoms with Crippen molar-refractivity contribution in [2.45, 2.75) is 98.2 Å². The minimum absolute atomic E-state index is 0.0305. The van der Waals surface area contributed by atoms with E-state index >= 15 is 0 Å². The lowest BCUT2D eigenvalue weighted by Crippen LogP contribution is -2.49. The van der Waals surface area contributed by atoms with Crippen LogP contribution >= 0.6 is 34.3 Å². The number of pyridine rings is 1. The van der Waals surface area contributed by atoms with Crippen LogP contribution in [-0.4, -0.2) is 99.3 Å². The largest absolute Gasteiger partial charge is 0.473 e. The molecule has 0 radical (unpaired) electrons. The van der Waals surface area contributed by atoms with Crippen molar-refractivity contribution < 1.29 is 24.2 Å². The summed E-state index contributed by atoms with van der Waals surface area (Å²) in [6, 6.07) is 16.9. The maximum atomic E-state index is 14.3. The number of aliphatic hydroxyl groups is 1. The normalized spacial score (nSPS) is 17.4. The Kier molecular flexibility index (Phi) is 14.1. The second kappa shape index (κ2) is 20.4. The highest BCUT2D eigenvalue weighted by molar-refractivity contribution is 7.15. The quantitative estimate of drug-likeness (QED) is 0.0908. The van der Waals surface area contributed by atoms with Crippen LogP contribution in [0, 0.1) is 33.6 Å². The van der Waals surface area contributed by atoms with Crippen molar-refractivity contribution >= 4 is 57.7 Å². The molecule has 2 aliphatic heterocycles. The molecule has 3 N–H and O–H groups in total. The van der Waals surface area contributed by atoms with E-state index in [0.717, 1.165) is 65.1 Å². The Morgan fingerprint density at radius 2 is 1.69 bits per heavy atom. The molecule has 362 valence electrons. The standard InChI is InChI=1S/C51H54ClN11O5S2/c1-27(2)46(50(67)61-25-39(64)19-41(61)49(66)55-22-33-8-10-35(11-9-33)47-30(5)56-26-69-47)62-24-37(23-57-62)36-16-17-53-43(18-36)68-28(3)21-54-42(65)20-40-48-60-59-32(7)63(48)51-44(29(4)31(6)70-51)45(58-40)34-12-14-38(52)15-13-34/h8-18,23-24,26-28,39-41,46,64H,19-22,25H2,1-7H3,(H,54,65)(H,55,66)/t28-,39-,40+,41+,46?/m1/s1. The number of carbonyl (C=O) groups excluding carboxylic acids is 3. The molecule has 2 aromatic carbocycles. The van der Waals surface area contributed by atoms with Crippen LogP contribution in [0.1, 0.15) is 90.2 Å². The highest BCUT2D eigenvalue weighted by atomic mass is 35.5. The summed E-state index contributed by atoms with van der Waals surface area (Å²) < 4.78 is 9.85. The molecule has 1 fully saturated rings. The Labute approximate surface area is 418 Å². The van der Waals surface area contributed by atoms with Gasteiger partial charge in [0.1, 0.15) is 35.1 Å². The summed E-state index contributed by atoms with van der Waals surface area (Å²) in [7, 11) is 0. The van der Waals surface area contributed by atoms with Crippen molar-refractivity contribution in [3.8, 4) is 32.4 Å². The van der Waals surface area contributed by atoms with Crippen LogP contribution in [0.2, 0.25) is 5.02 Å². The second-order valence-electron chi connectivity index (χ2n) is 18.2. The third-order valence-electron chi connectivity index (χ3n) is 12.8. The number of aryl methyl sites for hydroxylation is 3. The van der Waals surface area contributed by atoms with E-state index in [1.54, 1.807) is 52.0 Å². The van der Waals surface area contributed by atoms with E-state index in [1.807, 2.05) is 99.3 Å². The third kappa shape index (κ3) is 10.0. The summed E-state index contributed by atoms with van der Waals surface area (Å²) in [5, 5.41) is 31.9. The Morgan fingerprint density at radius 1 is 0.929 bits per heavy atom. The van der Waals surface area contributed by atoms with Gasteiger partial charge in [-0.25, -0.2) is 9.97 Å². The number of thiazole rings is 1. The smallest absolute Gasteiger partial charge is 0.248 e. The molecule has 0 spiro atoms. The maximum Gasteiger partial charge on any atom is 0.248 e. The molecule has 0 saturated carbocycles. The third-order valence-corrected chi connectivity index (χ3v) is 15.2. The van der Waals surface area contributed by atoms with Gasteiger partial charge in [-0.15, -0.1) is 32.9 Å². The van der Waals surface area contributed by atoms with Crippen LogP contribution < -0.4 is 15.4 Å². The van der Waals surface area contributed by atoms with Crippen molar-refractivity contribution in [1.82, 2.24) is 50.0 Å². The first kappa shape index (κ1) is 48.4. The van der Waals surface area contributed by atoms with E-state index in [-0.39, 0.29) is 56.1 Å². The molecule has 9 rings (SSSR count). The number of fused-ring (bicyclic) bond motifs is 3. The number of aromatic nitrogens is 7. The SMILES string of the molecule is Cc1ncsc1-c1ccc(CNC(=O)[C@@H]2C[C@@H](O)CN2C(=O)C(C(C)C)n2cc(-c3ccnc(O[C@H](C)CNC(=O)C[C@@H]4N=C(c5ccc(Cl)cc5)c5c(sc(C)c5C)-n5c(C)nnc54)c3)cn2)cc1. The number of nitrogens with zero attached hydrogens (tertiary/aromatic N) is 9. The molecule has 16 nitrogen and oxygen atoms in total. The lowest BCUT2D eigenvalue weighted by atomic mass is 9.99. The molecule has 1 saturated heterocycles. The Hall–Kier alpha value is -6.60. The first-order valence-corrected chi connectivity index (χ1v) is 25.3. The minimum Gasteiger partial charge on any atom is -0.473 e. The highest BCUT2D eigenvalue weighted by Crippen LogP contribution is 2.40. The van der Waals surface area contributed by atoms with Gasteiger partial charge in [-0.1, -0.05) is 61.8 Å². The number of aliphatic hydroxyl groups excluding tert-OH is 1. The molecule has 5 atom stereocenters. The van der Waals surface area contributed by atoms with Gasteiger partial charge < -0.3 is 25.4 Å². The number of carbonyl (C=O) groups is 3. The number of hydrogen-bond donors (Lipinski definition) is 3. The maximum absolute atomic E-state index is 14.3. The van der Waals surface area contributed by atoms with E-state index in [4.69, 9.17) is 21.3 Å². The molecule has 3 amide bonds. The number of aliphatic imine (C=N–C) groups is 1. The topological polar surface area (TPSA) is 195 Å². The van der Waals surface area contributed by atoms with E-state index in [2.05, 4.69) is 49.7 Å². The van der Waals surface area contributed by atoms with Crippen molar-refractivity contribution in [1.29, 1.82) is 0 Å². The van der Waals surface area contributed by atoms with Gasteiger partial charge in [-0.3, -0.25) is 28.6 Å². The summed E-state index contributed by atoms with van der Waals surface area (Å²) in [5.41, 5.74) is 10.0. The zero-order chi connectivity index (χ0) is 49.4. The van der Waals surface area contributed by atoms with Gasteiger partial charge in [0, 0.05) is 64.6 Å².